The number of aromatic hydroxyl groups is 1. The molecule has 0 heterocycles. The van der Waals surface area contributed by atoms with Crippen LogP contribution in [0.1, 0.15) is 50.3 Å². The zero-order valence-electron chi connectivity index (χ0n) is 14.3. The first-order valence-electron chi connectivity index (χ1n) is 7.94. The molecule has 0 saturated carbocycles. The van der Waals surface area contributed by atoms with Crippen LogP contribution >= 0.6 is 0 Å². The molecule has 0 aliphatic rings. The van der Waals surface area contributed by atoms with Crippen molar-refractivity contribution < 1.29 is 19.7 Å². The van der Waals surface area contributed by atoms with Gasteiger partial charge < -0.3 is 14.9 Å². The number of phenolic OH excluding ortho intramolecular Hbond substituents is 1. The fourth-order valence-electron chi connectivity index (χ4n) is 2.66. The number of aliphatic hydroxyl groups excluding tert-OH is 1. The number of hydrogen-bond donors (Lipinski definition) is 2. The van der Waals surface area contributed by atoms with E-state index in [0.29, 0.717) is 24.2 Å². The van der Waals surface area contributed by atoms with E-state index >= 15 is 0 Å². The SMILES string of the molecule is CCc1cc(O)c(C)c(OC)c1C[C@@H](C)C(=O)C[C@H](O)CC. The summed E-state index contributed by atoms with van der Waals surface area (Å²) in [5.41, 5.74) is 2.67. The molecule has 1 aromatic rings. The first-order valence-corrected chi connectivity index (χ1v) is 7.94. The van der Waals surface area contributed by atoms with Crippen LogP contribution < -0.4 is 4.74 Å². The summed E-state index contributed by atoms with van der Waals surface area (Å²) in [6.07, 6.45) is 1.53. The first-order chi connectivity index (χ1) is 10.3. The summed E-state index contributed by atoms with van der Waals surface area (Å²) in [7, 11) is 1.58. The van der Waals surface area contributed by atoms with Crippen LogP contribution in [-0.4, -0.2) is 29.2 Å². The highest BCUT2D eigenvalue weighted by Gasteiger charge is 2.22. The molecule has 4 nitrogen and oxygen atoms in total. The second kappa shape index (κ2) is 8.18. The molecule has 0 spiro atoms. The summed E-state index contributed by atoms with van der Waals surface area (Å²) in [6, 6.07) is 1.76. The van der Waals surface area contributed by atoms with Crippen molar-refractivity contribution in [2.24, 2.45) is 5.92 Å². The third kappa shape index (κ3) is 4.23. The maximum absolute atomic E-state index is 12.2. The normalized spacial score (nSPS) is 13.7. The number of phenols is 1. The van der Waals surface area contributed by atoms with Crippen molar-refractivity contribution in [3.63, 3.8) is 0 Å². The van der Waals surface area contributed by atoms with Gasteiger partial charge in [-0.2, -0.15) is 0 Å². The van der Waals surface area contributed by atoms with Gasteiger partial charge in [-0.25, -0.2) is 0 Å². The predicted molar refractivity (Wildman–Crippen MR) is 87.6 cm³/mol. The number of rotatable bonds is 8. The molecule has 124 valence electrons. The third-order valence-electron chi connectivity index (χ3n) is 4.25. The van der Waals surface area contributed by atoms with Crippen LogP contribution in [0.3, 0.4) is 0 Å². The number of ketones is 1. The number of methoxy groups -OCH3 is 1. The van der Waals surface area contributed by atoms with Gasteiger partial charge in [0, 0.05) is 17.9 Å². The molecule has 22 heavy (non-hydrogen) atoms. The highest BCUT2D eigenvalue weighted by atomic mass is 16.5. The van der Waals surface area contributed by atoms with Crippen molar-refractivity contribution >= 4 is 5.78 Å². The van der Waals surface area contributed by atoms with Crippen molar-refractivity contribution in [2.75, 3.05) is 7.11 Å². The molecular formula is C18H28O4. The molecule has 2 atom stereocenters. The van der Waals surface area contributed by atoms with Crippen molar-refractivity contribution in [1.29, 1.82) is 0 Å². The van der Waals surface area contributed by atoms with Crippen molar-refractivity contribution in [2.45, 2.75) is 59.5 Å². The minimum atomic E-state index is -0.566. The quantitative estimate of drug-likeness (QED) is 0.774. The molecule has 0 fully saturated rings. The van der Waals surface area contributed by atoms with Crippen molar-refractivity contribution in [1.82, 2.24) is 0 Å². The molecule has 0 aliphatic carbocycles. The number of aryl methyl sites for hydroxylation is 1. The van der Waals surface area contributed by atoms with Gasteiger partial charge in [0.1, 0.15) is 17.3 Å². The zero-order chi connectivity index (χ0) is 16.9. The van der Waals surface area contributed by atoms with Crippen LogP contribution in [0.15, 0.2) is 6.07 Å². The largest absolute Gasteiger partial charge is 0.508 e. The molecule has 1 aromatic carbocycles. The topological polar surface area (TPSA) is 66.8 Å². The van der Waals surface area contributed by atoms with Crippen LogP contribution in [-0.2, 0) is 17.6 Å². The molecule has 4 heteroatoms. The lowest BCUT2D eigenvalue weighted by atomic mass is 9.88. The number of hydrogen-bond acceptors (Lipinski definition) is 4. The molecular weight excluding hydrogens is 280 g/mol. The summed E-state index contributed by atoms with van der Waals surface area (Å²) in [4.78, 5) is 12.2. The van der Waals surface area contributed by atoms with Crippen LogP contribution in [0.25, 0.3) is 0 Å². The predicted octanol–water partition coefficient (Wildman–Crippen LogP) is 3.18. The van der Waals surface area contributed by atoms with Crippen LogP contribution in [0.4, 0.5) is 0 Å². The summed E-state index contributed by atoms with van der Waals surface area (Å²) in [5, 5.41) is 19.6. The molecule has 0 bridgehead atoms. The van der Waals surface area contributed by atoms with Gasteiger partial charge in [-0.3, -0.25) is 4.79 Å². The molecule has 0 unspecified atom stereocenters. The van der Waals surface area contributed by atoms with Crippen LogP contribution in [0.5, 0.6) is 11.5 Å². The Labute approximate surface area is 133 Å². The maximum atomic E-state index is 12.2. The van der Waals surface area contributed by atoms with Gasteiger partial charge >= 0.3 is 0 Å². The van der Waals surface area contributed by atoms with Gasteiger partial charge in [0.05, 0.1) is 13.2 Å². The number of carbonyl (C=O) groups is 1. The third-order valence-corrected chi connectivity index (χ3v) is 4.25. The molecule has 1 rings (SSSR count). The summed E-state index contributed by atoms with van der Waals surface area (Å²) in [5.74, 6) is 0.749. The summed E-state index contributed by atoms with van der Waals surface area (Å²) >= 11 is 0. The fourth-order valence-corrected chi connectivity index (χ4v) is 2.66. The molecule has 0 saturated heterocycles. The van der Waals surface area contributed by atoms with E-state index in [9.17, 15) is 15.0 Å². The van der Waals surface area contributed by atoms with Gasteiger partial charge in [0.2, 0.25) is 0 Å². The van der Waals surface area contributed by atoms with E-state index in [-0.39, 0.29) is 23.9 Å². The number of carbonyl (C=O) groups excluding carboxylic acids is 1. The van der Waals surface area contributed by atoms with E-state index in [0.717, 1.165) is 17.5 Å². The molecule has 0 aromatic heterocycles. The Kier molecular flexibility index (Phi) is 6.88. The molecule has 0 amide bonds. The van der Waals surface area contributed by atoms with E-state index in [1.807, 2.05) is 27.7 Å². The van der Waals surface area contributed by atoms with Crippen molar-refractivity contribution in [3.8, 4) is 11.5 Å². The molecule has 0 radical (unpaired) electrons. The lowest BCUT2D eigenvalue weighted by Gasteiger charge is -2.20. The van der Waals surface area contributed by atoms with Gasteiger partial charge in [-0.15, -0.1) is 0 Å². The Morgan fingerprint density at radius 3 is 2.50 bits per heavy atom. The van der Waals surface area contributed by atoms with Gasteiger partial charge in [0.25, 0.3) is 0 Å². The molecule has 0 aliphatic heterocycles. The number of aliphatic hydroxyl groups is 1. The van der Waals surface area contributed by atoms with E-state index in [2.05, 4.69) is 0 Å². The van der Waals surface area contributed by atoms with E-state index in [4.69, 9.17) is 4.74 Å². The standard InChI is InChI=1S/C18H28O4/c1-6-13-9-17(21)12(4)18(22-5)15(13)8-11(3)16(20)10-14(19)7-2/h9,11,14,19,21H,6-8,10H2,1-5H3/t11-,14-/m1/s1. The lowest BCUT2D eigenvalue weighted by molar-refractivity contribution is -0.124. The van der Waals surface area contributed by atoms with E-state index < -0.39 is 6.10 Å². The van der Waals surface area contributed by atoms with Gasteiger partial charge in [-0.1, -0.05) is 20.8 Å². The van der Waals surface area contributed by atoms with Gasteiger partial charge in [0.15, 0.2) is 0 Å². The smallest absolute Gasteiger partial charge is 0.138 e. The maximum Gasteiger partial charge on any atom is 0.138 e. The Morgan fingerprint density at radius 1 is 1.36 bits per heavy atom. The number of Topliss-reactive ketones (excluding diaryl/α,β-unsaturated/α-hetero) is 1. The minimum absolute atomic E-state index is 0.0594. The average molecular weight is 308 g/mol. The highest BCUT2D eigenvalue weighted by molar-refractivity contribution is 5.81. The Bertz CT molecular complexity index is 522. The highest BCUT2D eigenvalue weighted by Crippen LogP contribution is 2.35. The fraction of sp³-hybridized carbons (Fsp3) is 0.611. The molecule has 2 N–H and O–H groups in total. The average Bonchev–Trinajstić information content (AvgIpc) is 2.50. The van der Waals surface area contributed by atoms with Crippen LogP contribution in [0.2, 0.25) is 0 Å². The number of benzene rings is 1. The Morgan fingerprint density at radius 2 is 2.00 bits per heavy atom. The monoisotopic (exact) mass is 308 g/mol. The summed E-state index contributed by atoms with van der Waals surface area (Å²) in [6.45, 7) is 7.57. The summed E-state index contributed by atoms with van der Waals surface area (Å²) < 4.78 is 5.46. The van der Waals surface area contributed by atoms with Gasteiger partial charge in [-0.05, 0) is 43.4 Å². The number of ether oxygens (including phenoxy) is 1. The lowest BCUT2D eigenvalue weighted by Crippen LogP contribution is -2.20. The second-order valence-electron chi connectivity index (χ2n) is 5.88. The van der Waals surface area contributed by atoms with E-state index in [1.54, 1.807) is 13.2 Å². The minimum Gasteiger partial charge on any atom is -0.508 e. The van der Waals surface area contributed by atoms with Crippen molar-refractivity contribution in [3.05, 3.63) is 22.8 Å². The zero-order valence-corrected chi connectivity index (χ0v) is 14.3. The second-order valence-corrected chi connectivity index (χ2v) is 5.88. The Balaban J connectivity index is 3.06. The Hall–Kier alpha value is -1.55. The van der Waals surface area contributed by atoms with E-state index in [1.165, 1.54) is 0 Å². The van der Waals surface area contributed by atoms with Crippen LogP contribution in [0, 0.1) is 12.8 Å². The first kappa shape index (κ1) is 18.5.